The standard InChI is InChI=1S/C14H17NO4/c1-14(4-5-17-8-14)7-15-13(16)10-2-3-11-12(6-10)19-9-18-11/h2-3,6H,4-5,7-9H2,1H3,(H,15,16). The van der Waals surface area contributed by atoms with Crippen LogP contribution in [0.25, 0.3) is 0 Å². The number of fused-ring (bicyclic) bond motifs is 1. The van der Waals surface area contributed by atoms with Crippen molar-refractivity contribution in [3.05, 3.63) is 23.8 Å². The smallest absolute Gasteiger partial charge is 0.251 e. The first kappa shape index (κ1) is 12.3. The van der Waals surface area contributed by atoms with Gasteiger partial charge in [-0.1, -0.05) is 6.92 Å². The first-order valence-electron chi connectivity index (χ1n) is 6.42. The Balaban J connectivity index is 1.64. The second-order valence-electron chi connectivity index (χ2n) is 5.36. The molecule has 1 unspecified atom stereocenters. The second-order valence-corrected chi connectivity index (χ2v) is 5.36. The Morgan fingerprint density at radius 3 is 3.00 bits per heavy atom. The summed E-state index contributed by atoms with van der Waals surface area (Å²) in [4.78, 5) is 12.1. The van der Waals surface area contributed by atoms with Crippen LogP contribution in [0.1, 0.15) is 23.7 Å². The predicted molar refractivity (Wildman–Crippen MR) is 68.4 cm³/mol. The molecule has 1 aromatic carbocycles. The number of hydrogen-bond donors (Lipinski definition) is 1. The van der Waals surface area contributed by atoms with Gasteiger partial charge in [0, 0.05) is 24.1 Å². The topological polar surface area (TPSA) is 56.8 Å². The maximum Gasteiger partial charge on any atom is 0.251 e. The monoisotopic (exact) mass is 263 g/mol. The van der Waals surface area contributed by atoms with Gasteiger partial charge in [-0.25, -0.2) is 0 Å². The maximum atomic E-state index is 12.1. The number of rotatable bonds is 3. The van der Waals surface area contributed by atoms with Crippen molar-refractivity contribution in [3.8, 4) is 11.5 Å². The minimum atomic E-state index is -0.0913. The molecule has 0 aliphatic carbocycles. The molecule has 1 saturated heterocycles. The van der Waals surface area contributed by atoms with Crippen LogP contribution >= 0.6 is 0 Å². The molecule has 1 N–H and O–H groups in total. The minimum Gasteiger partial charge on any atom is -0.454 e. The van der Waals surface area contributed by atoms with Crippen molar-refractivity contribution in [1.82, 2.24) is 5.32 Å². The normalized spacial score (nSPS) is 24.5. The van der Waals surface area contributed by atoms with Gasteiger partial charge in [-0.3, -0.25) is 4.79 Å². The third kappa shape index (κ3) is 2.51. The molecule has 5 nitrogen and oxygen atoms in total. The summed E-state index contributed by atoms with van der Waals surface area (Å²) in [6, 6.07) is 5.22. The van der Waals surface area contributed by atoms with Crippen LogP contribution in [0.2, 0.25) is 0 Å². The summed E-state index contributed by atoms with van der Waals surface area (Å²) in [5.41, 5.74) is 0.637. The average Bonchev–Trinajstić information content (AvgIpc) is 3.04. The lowest BCUT2D eigenvalue weighted by atomic mass is 9.90. The number of hydrogen-bond acceptors (Lipinski definition) is 4. The molecule has 2 aliphatic heterocycles. The van der Waals surface area contributed by atoms with Gasteiger partial charge >= 0.3 is 0 Å². The minimum absolute atomic E-state index is 0.0476. The Bertz CT molecular complexity index is 494. The van der Waals surface area contributed by atoms with Gasteiger partial charge in [0.15, 0.2) is 11.5 Å². The molecule has 2 aliphatic rings. The fourth-order valence-electron chi connectivity index (χ4n) is 2.28. The van der Waals surface area contributed by atoms with E-state index in [4.69, 9.17) is 14.2 Å². The van der Waals surface area contributed by atoms with Gasteiger partial charge in [0.1, 0.15) is 0 Å². The number of carbonyl (C=O) groups excluding carboxylic acids is 1. The van der Waals surface area contributed by atoms with Crippen molar-refractivity contribution in [1.29, 1.82) is 0 Å². The van der Waals surface area contributed by atoms with Crippen LogP contribution in [0.5, 0.6) is 11.5 Å². The predicted octanol–water partition coefficient (Wildman–Crippen LogP) is 1.57. The number of carbonyl (C=O) groups is 1. The molecule has 0 spiro atoms. The highest BCUT2D eigenvalue weighted by atomic mass is 16.7. The second kappa shape index (κ2) is 4.74. The zero-order chi connectivity index (χ0) is 13.3. The van der Waals surface area contributed by atoms with Crippen LogP contribution in [0.3, 0.4) is 0 Å². The molecule has 1 atom stereocenters. The van der Waals surface area contributed by atoms with Crippen LogP contribution in [0, 0.1) is 5.41 Å². The van der Waals surface area contributed by atoms with E-state index in [1.165, 1.54) is 0 Å². The zero-order valence-electron chi connectivity index (χ0n) is 10.9. The Morgan fingerprint density at radius 2 is 2.21 bits per heavy atom. The lowest BCUT2D eigenvalue weighted by Gasteiger charge is -2.21. The molecular formula is C14H17NO4. The molecule has 2 heterocycles. The highest BCUT2D eigenvalue weighted by molar-refractivity contribution is 5.94. The van der Waals surface area contributed by atoms with Crippen molar-refractivity contribution in [2.45, 2.75) is 13.3 Å². The number of ether oxygens (including phenoxy) is 3. The molecule has 1 aromatic rings. The summed E-state index contributed by atoms with van der Waals surface area (Å²) in [6.45, 7) is 4.45. The van der Waals surface area contributed by atoms with Gasteiger partial charge in [0.2, 0.25) is 6.79 Å². The van der Waals surface area contributed by atoms with Gasteiger partial charge < -0.3 is 19.5 Å². The maximum absolute atomic E-state index is 12.1. The van der Waals surface area contributed by atoms with Gasteiger partial charge in [-0.15, -0.1) is 0 Å². The Morgan fingerprint density at radius 1 is 1.37 bits per heavy atom. The summed E-state index contributed by atoms with van der Waals surface area (Å²) in [7, 11) is 0. The van der Waals surface area contributed by atoms with Crippen LogP contribution in [0.15, 0.2) is 18.2 Å². The van der Waals surface area contributed by atoms with Crippen LogP contribution in [-0.2, 0) is 4.74 Å². The molecule has 3 rings (SSSR count). The lowest BCUT2D eigenvalue weighted by molar-refractivity contribution is 0.0924. The molecular weight excluding hydrogens is 246 g/mol. The van der Waals surface area contributed by atoms with E-state index in [1.54, 1.807) is 18.2 Å². The quantitative estimate of drug-likeness (QED) is 0.899. The van der Waals surface area contributed by atoms with Gasteiger partial charge in [-0.05, 0) is 24.6 Å². The van der Waals surface area contributed by atoms with Crippen molar-refractivity contribution >= 4 is 5.91 Å². The molecule has 102 valence electrons. The summed E-state index contributed by atoms with van der Waals surface area (Å²) < 4.78 is 15.9. The molecule has 0 saturated carbocycles. The first-order valence-corrected chi connectivity index (χ1v) is 6.42. The third-order valence-electron chi connectivity index (χ3n) is 3.61. The molecule has 1 amide bonds. The van der Waals surface area contributed by atoms with E-state index >= 15 is 0 Å². The van der Waals surface area contributed by atoms with E-state index in [0.717, 1.165) is 13.0 Å². The van der Waals surface area contributed by atoms with E-state index in [2.05, 4.69) is 12.2 Å². The van der Waals surface area contributed by atoms with E-state index in [-0.39, 0.29) is 18.1 Å². The lowest BCUT2D eigenvalue weighted by Crippen LogP contribution is -2.36. The summed E-state index contributed by atoms with van der Waals surface area (Å²) >= 11 is 0. The van der Waals surface area contributed by atoms with Crippen molar-refractivity contribution in [2.75, 3.05) is 26.6 Å². The van der Waals surface area contributed by atoms with E-state index in [0.29, 0.717) is 30.2 Å². The molecule has 5 heteroatoms. The van der Waals surface area contributed by atoms with Crippen LogP contribution in [-0.4, -0.2) is 32.5 Å². The zero-order valence-corrected chi connectivity index (χ0v) is 10.9. The molecule has 0 aromatic heterocycles. The van der Waals surface area contributed by atoms with Crippen molar-refractivity contribution < 1.29 is 19.0 Å². The summed E-state index contributed by atoms with van der Waals surface area (Å²) in [5.74, 6) is 1.22. The van der Waals surface area contributed by atoms with Gasteiger partial charge in [-0.2, -0.15) is 0 Å². The summed E-state index contributed by atoms with van der Waals surface area (Å²) in [6.07, 6.45) is 0.981. The van der Waals surface area contributed by atoms with Crippen LogP contribution < -0.4 is 14.8 Å². The number of benzene rings is 1. The van der Waals surface area contributed by atoms with Gasteiger partial charge in [0.25, 0.3) is 5.91 Å². The van der Waals surface area contributed by atoms with Gasteiger partial charge in [0.05, 0.1) is 6.61 Å². The molecule has 0 radical (unpaired) electrons. The first-order chi connectivity index (χ1) is 9.16. The van der Waals surface area contributed by atoms with Crippen molar-refractivity contribution in [2.24, 2.45) is 5.41 Å². The van der Waals surface area contributed by atoms with Crippen LogP contribution in [0.4, 0.5) is 0 Å². The molecule has 0 bridgehead atoms. The largest absolute Gasteiger partial charge is 0.454 e. The fraction of sp³-hybridized carbons (Fsp3) is 0.500. The Kier molecular flexibility index (Phi) is 3.06. The Labute approximate surface area is 111 Å². The summed E-state index contributed by atoms with van der Waals surface area (Å²) in [5, 5.41) is 2.96. The fourth-order valence-corrected chi connectivity index (χ4v) is 2.28. The Hall–Kier alpha value is -1.75. The number of nitrogens with one attached hydrogen (secondary N) is 1. The molecule has 19 heavy (non-hydrogen) atoms. The highest BCUT2D eigenvalue weighted by Crippen LogP contribution is 2.32. The van der Waals surface area contributed by atoms with E-state index in [1.807, 2.05) is 0 Å². The van der Waals surface area contributed by atoms with E-state index < -0.39 is 0 Å². The third-order valence-corrected chi connectivity index (χ3v) is 3.61. The average molecular weight is 263 g/mol. The van der Waals surface area contributed by atoms with Crippen molar-refractivity contribution in [3.63, 3.8) is 0 Å². The van der Waals surface area contributed by atoms with E-state index in [9.17, 15) is 4.79 Å². The number of amides is 1. The molecule has 1 fully saturated rings. The SMILES string of the molecule is CC1(CNC(=O)c2ccc3c(c2)OCO3)CCOC1. The highest BCUT2D eigenvalue weighted by Gasteiger charge is 2.30.